The molecule has 0 amide bonds. The molecular formula is C18H18F3N3OS. The van der Waals surface area contributed by atoms with E-state index in [0.29, 0.717) is 18.1 Å². The van der Waals surface area contributed by atoms with E-state index in [2.05, 4.69) is 10.2 Å². The van der Waals surface area contributed by atoms with Crippen LogP contribution >= 0.6 is 11.8 Å². The summed E-state index contributed by atoms with van der Waals surface area (Å²) in [5, 5.41) is 7.82. The van der Waals surface area contributed by atoms with Crippen molar-refractivity contribution in [2.75, 3.05) is 6.61 Å². The minimum atomic E-state index is -4.44. The van der Waals surface area contributed by atoms with Crippen LogP contribution in [0, 0.1) is 0 Å². The topological polar surface area (TPSA) is 60.0 Å². The Bertz CT molecular complexity index is 777. The van der Waals surface area contributed by atoms with Gasteiger partial charge in [-0.2, -0.15) is 18.3 Å². The number of nitrogens with zero attached hydrogens (tertiary/aromatic N) is 2. The molecule has 0 bridgehead atoms. The van der Waals surface area contributed by atoms with Gasteiger partial charge in [-0.1, -0.05) is 42.1 Å². The average molecular weight is 381 g/mol. The van der Waals surface area contributed by atoms with E-state index in [0.717, 1.165) is 17.7 Å². The first-order valence-electron chi connectivity index (χ1n) is 7.77. The average Bonchev–Trinajstić information content (AvgIpc) is 2.61. The second-order valence-corrected chi connectivity index (χ2v) is 6.14. The molecular weight excluding hydrogens is 363 g/mol. The van der Waals surface area contributed by atoms with Crippen LogP contribution in [0.2, 0.25) is 0 Å². The number of rotatable bonds is 6. The molecule has 0 saturated carbocycles. The lowest BCUT2D eigenvalue weighted by molar-refractivity contribution is -0.137. The highest BCUT2D eigenvalue weighted by atomic mass is 32.2. The number of hydrogen-bond donors (Lipinski definition) is 1. The number of halogens is 3. The van der Waals surface area contributed by atoms with Gasteiger partial charge < -0.3 is 10.5 Å². The number of benzene rings is 2. The summed E-state index contributed by atoms with van der Waals surface area (Å²) < 4.78 is 43.9. The molecule has 0 atom stereocenters. The first-order valence-corrected chi connectivity index (χ1v) is 8.76. The van der Waals surface area contributed by atoms with Crippen LogP contribution in [0.15, 0.2) is 58.7 Å². The van der Waals surface area contributed by atoms with Gasteiger partial charge >= 0.3 is 6.18 Å². The summed E-state index contributed by atoms with van der Waals surface area (Å²) in [5.74, 6) is 0.925. The fourth-order valence-corrected chi connectivity index (χ4v) is 2.63. The molecule has 0 heterocycles. The number of amidine groups is 1. The molecule has 0 radical (unpaired) electrons. The van der Waals surface area contributed by atoms with E-state index in [1.54, 1.807) is 6.92 Å². The Morgan fingerprint density at radius 1 is 1.19 bits per heavy atom. The normalized spacial score (nSPS) is 12.5. The lowest BCUT2D eigenvalue weighted by Gasteiger charge is -2.11. The summed E-state index contributed by atoms with van der Waals surface area (Å²) in [7, 11) is 0. The zero-order valence-corrected chi connectivity index (χ0v) is 14.8. The van der Waals surface area contributed by atoms with E-state index in [1.807, 2.05) is 30.3 Å². The quantitative estimate of drug-likeness (QED) is 0.449. The fraction of sp³-hybridized carbons (Fsp3) is 0.222. The molecule has 2 rings (SSSR count). The second kappa shape index (κ2) is 9.28. The number of alkyl halides is 3. The number of thioether (sulfide) groups is 1. The van der Waals surface area contributed by atoms with Crippen molar-refractivity contribution >= 4 is 23.1 Å². The smallest absolute Gasteiger partial charge is 0.416 e. The summed E-state index contributed by atoms with van der Waals surface area (Å²) >= 11 is 1.29. The van der Waals surface area contributed by atoms with Gasteiger partial charge in [-0.15, -0.1) is 5.10 Å². The lowest BCUT2D eigenvalue weighted by Crippen LogP contribution is -2.07. The fourth-order valence-electron chi connectivity index (χ4n) is 2.02. The van der Waals surface area contributed by atoms with Gasteiger partial charge in [-0.25, -0.2) is 0 Å². The number of nitrogens with two attached hydrogens (primary N) is 1. The maximum absolute atomic E-state index is 12.9. The molecule has 0 fully saturated rings. The minimum Gasteiger partial charge on any atom is -0.493 e. The van der Waals surface area contributed by atoms with Crippen LogP contribution in [0.25, 0.3) is 0 Å². The molecule has 4 nitrogen and oxygen atoms in total. The third-order valence-corrected chi connectivity index (χ3v) is 4.07. The van der Waals surface area contributed by atoms with E-state index >= 15 is 0 Å². The largest absolute Gasteiger partial charge is 0.493 e. The molecule has 138 valence electrons. The van der Waals surface area contributed by atoms with Crippen molar-refractivity contribution in [2.24, 2.45) is 15.9 Å². The standard InChI is InChI=1S/C18H18F3N3OS/c1-2-25-16-9-8-15(18(19,20)21)10-14(16)11-23-24-17(22)26-12-13-6-4-3-5-7-13/h3-11H,2,12H2,1H3,(H2,22,24). The van der Waals surface area contributed by atoms with Crippen LogP contribution < -0.4 is 10.5 Å². The van der Waals surface area contributed by atoms with E-state index < -0.39 is 11.7 Å². The Kier molecular flexibility index (Phi) is 7.08. The molecule has 8 heteroatoms. The molecule has 2 aromatic carbocycles. The van der Waals surface area contributed by atoms with Crippen molar-refractivity contribution in [3.63, 3.8) is 0 Å². The van der Waals surface area contributed by atoms with Crippen molar-refractivity contribution < 1.29 is 17.9 Å². The van der Waals surface area contributed by atoms with Gasteiger partial charge in [0.2, 0.25) is 0 Å². The molecule has 2 N–H and O–H groups in total. The van der Waals surface area contributed by atoms with Gasteiger partial charge in [-0.3, -0.25) is 0 Å². The Labute approximate surface area is 154 Å². The summed E-state index contributed by atoms with van der Waals surface area (Å²) in [4.78, 5) is 0. The highest BCUT2D eigenvalue weighted by molar-refractivity contribution is 8.13. The van der Waals surface area contributed by atoms with Gasteiger partial charge in [0.1, 0.15) is 5.75 Å². The SMILES string of the molecule is CCOc1ccc(C(F)(F)F)cc1C=NN=C(N)SCc1ccccc1. The minimum absolute atomic E-state index is 0.186. The monoisotopic (exact) mass is 381 g/mol. The first kappa shape index (κ1) is 19.8. The second-order valence-electron chi connectivity index (χ2n) is 5.14. The molecule has 0 aliphatic rings. The summed E-state index contributed by atoms with van der Waals surface area (Å²) in [6, 6.07) is 12.9. The van der Waals surface area contributed by atoms with E-state index in [-0.39, 0.29) is 10.7 Å². The summed E-state index contributed by atoms with van der Waals surface area (Å²) in [5.41, 5.74) is 6.26. The summed E-state index contributed by atoms with van der Waals surface area (Å²) in [6.45, 7) is 2.07. The Balaban J connectivity index is 2.09. The highest BCUT2D eigenvalue weighted by Gasteiger charge is 2.31. The van der Waals surface area contributed by atoms with E-state index in [1.165, 1.54) is 24.0 Å². The van der Waals surface area contributed by atoms with Gasteiger partial charge in [0.05, 0.1) is 18.4 Å². The van der Waals surface area contributed by atoms with Crippen LogP contribution in [-0.2, 0) is 11.9 Å². The van der Waals surface area contributed by atoms with Crippen molar-refractivity contribution in [2.45, 2.75) is 18.9 Å². The number of ether oxygens (including phenoxy) is 1. The molecule has 26 heavy (non-hydrogen) atoms. The maximum atomic E-state index is 12.9. The molecule has 0 aliphatic heterocycles. The third kappa shape index (κ3) is 6.11. The van der Waals surface area contributed by atoms with Gasteiger partial charge in [0.15, 0.2) is 5.17 Å². The van der Waals surface area contributed by atoms with Crippen LogP contribution in [0.3, 0.4) is 0 Å². The van der Waals surface area contributed by atoms with Crippen LogP contribution in [-0.4, -0.2) is 18.0 Å². The van der Waals surface area contributed by atoms with Crippen molar-refractivity contribution in [1.29, 1.82) is 0 Å². The molecule has 2 aromatic rings. The van der Waals surface area contributed by atoms with Crippen LogP contribution in [0.4, 0.5) is 13.2 Å². The molecule has 0 unspecified atom stereocenters. The Morgan fingerprint density at radius 2 is 1.92 bits per heavy atom. The van der Waals surface area contributed by atoms with Gasteiger partial charge in [0, 0.05) is 11.3 Å². The predicted octanol–water partition coefficient (Wildman–Crippen LogP) is 4.69. The molecule has 0 saturated heterocycles. The van der Waals surface area contributed by atoms with Crippen LogP contribution in [0.5, 0.6) is 5.75 Å². The molecule has 0 spiro atoms. The number of hydrogen-bond acceptors (Lipinski definition) is 4. The van der Waals surface area contributed by atoms with Gasteiger partial charge in [0.25, 0.3) is 0 Å². The van der Waals surface area contributed by atoms with E-state index in [4.69, 9.17) is 10.5 Å². The maximum Gasteiger partial charge on any atom is 0.416 e. The lowest BCUT2D eigenvalue weighted by atomic mass is 10.1. The zero-order chi connectivity index (χ0) is 19.0. The third-order valence-electron chi connectivity index (χ3n) is 3.22. The first-order chi connectivity index (χ1) is 12.4. The van der Waals surface area contributed by atoms with Crippen molar-refractivity contribution in [3.8, 4) is 5.75 Å². The van der Waals surface area contributed by atoms with Crippen molar-refractivity contribution in [3.05, 3.63) is 65.2 Å². The summed E-state index contributed by atoms with van der Waals surface area (Å²) in [6.07, 6.45) is -3.24. The van der Waals surface area contributed by atoms with Crippen molar-refractivity contribution in [1.82, 2.24) is 0 Å². The molecule has 0 aromatic heterocycles. The zero-order valence-electron chi connectivity index (χ0n) is 14.0. The highest BCUT2D eigenvalue weighted by Crippen LogP contribution is 2.32. The Morgan fingerprint density at radius 3 is 2.58 bits per heavy atom. The predicted molar refractivity (Wildman–Crippen MR) is 99.6 cm³/mol. The van der Waals surface area contributed by atoms with E-state index in [9.17, 15) is 13.2 Å². The molecule has 0 aliphatic carbocycles. The Hall–Kier alpha value is -2.48. The van der Waals surface area contributed by atoms with Gasteiger partial charge in [-0.05, 0) is 30.7 Å². The van der Waals surface area contributed by atoms with Crippen LogP contribution in [0.1, 0.15) is 23.6 Å².